The molecule has 18 heavy (non-hydrogen) atoms. The van der Waals surface area contributed by atoms with Gasteiger partial charge in [-0.2, -0.15) is 0 Å². The molecule has 0 aliphatic rings. The molecule has 0 spiro atoms. The number of phenols is 1. The van der Waals surface area contributed by atoms with Gasteiger partial charge >= 0.3 is 0 Å². The van der Waals surface area contributed by atoms with Gasteiger partial charge in [-0.15, -0.1) is 0 Å². The van der Waals surface area contributed by atoms with Gasteiger partial charge in [-0.25, -0.2) is 0 Å². The molecule has 1 unspecified atom stereocenters. The molecule has 1 atom stereocenters. The van der Waals surface area contributed by atoms with Gasteiger partial charge in [0, 0.05) is 6.54 Å². The minimum atomic E-state index is 0.306. The maximum atomic E-state index is 9.32. The van der Waals surface area contributed by atoms with Crippen molar-refractivity contribution in [2.75, 3.05) is 13.1 Å². The van der Waals surface area contributed by atoms with Crippen LogP contribution in [0, 0.1) is 5.41 Å². The molecular weight excluding hydrogens is 222 g/mol. The lowest BCUT2D eigenvalue weighted by molar-refractivity contribution is 0.275. The van der Waals surface area contributed by atoms with Crippen molar-refractivity contribution in [3.63, 3.8) is 0 Å². The molecule has 2 nitrogen and oxygen atoms in total. The minimum Gasteiger partial charge on any atom is -0.508 e. The molecular formula is C16H27NO. The normalized spacial score (nSPS) is 14.4. The van der Waals surface area contributed by atoms with Crippen molar-refractivity contribution in [1.29, 1.82) is 0 Å². The lowest BCUT2D eigenvalue weighted by Gasteiger charge is -2.30. The predicted octanol–water partition coefficient (Wildman–Crippen LogP) is 3.74. The summed E-state index contributed by atoms with van der Waals surface area (Å²) in [6.07, 6.45) is 4.69. The Morgan fingerprint density at radius 1 is 1.11 bits per heavy atom. The number of hydrogen-bond donors (Lipinski definition) is 2. The number of benzene rings is 1. The molecule has 0 heterocycles. The Morgan fingerprint density at radius 2 is 1.78 bits per heavy atom. The Labute approximate surface area is 111 Å². The molecule has 0 amide bonds. The van der Waals surface area contributed by atoms with Crippen molar-refractivity contribution in [3.8, 4) is 5.75 Å². The third-order valence-electron chi connectivity index (χ3n) is 3.40. The summed E-state index contributed by atoms with van der Waals surface area (Å²) in [6, 6.07) is 7.62. The van der Waals surface area contributed by atoms with Crippen LogP contribution in [0.1, 0.15) is 45.6 Å². The first-order chi connectivity index (χ1) is 8.59. The molecule has 0 aromatic heterocycles. The maximum Gasteiger partial charge on any atom is 0.115 e. The van der Waals surface area contributed by atoms with Crippen LogP contribution in [0.2, 0.25) is 0 Å². The summed E-state index contributed by atoms with van der Waals surface area (Å²) in [5, 5.41) is 12.9. The highest BCUT2D eigenvalue weighted by atomic mass is 16.3. The fourth-order valence-electron chi connectivity index (χ4n) is 2.52. The molecule has 0 saturated carbocycles. The first-order valence-corrected chi connectivity index (χ1v) is 7.08. The minimum absolute atomic E-state index is 0.306. The van der Waals surface area contributed by atoms with E-state index >= 15 is 0 Å². The van der Waals surface area contributed by atoms with Crippen molar-refractivity contribution < 1.29 is 5.11 Å². The molecule has 1 rings (SSSR count). The highest BCUT2D eigenvalue weighted by Gasteiger charge is 2.23. The standard InChI is InChI=1S/C16H27NO/c1-4-10-16(3,13-17-11-5-2)12-14-6-8-15(18)9-7-14/h6-9,17-18H,4-5,10-13H2,1-3H3. The summed E-state index contributed by atoms with van der Waals surface area (Å²) in [4.78, 5) is 0. The summed E-state index contributed by atoms with van der Waals surface area (Å²) in [7, 11) is 0. The summed E-state index contributed by atoms with van der Waals surface area (Å²) in [5.74, 6) is 0.347. The first kappa shape index (κ1) is 15.0. The van der Waals surface area contributed by atoms with Crippen LogP contribution in [0.15, 0.2) is 24.3 Å². The van der Waals surface area contributed by atoms with Crippen LogP contribution in [-0.2, 0) is 6.42 Å². The topological polar surface area (TPSA) is 32.3 Å². The number of phenolic OH excluding ortho intramolecular Hbond substituents is 1. The molecule has 0 bridgehead atoms. The quantitative estimate of drug-likeness (QED) is 0.688. The number of nitrogens with one attached hydrogen (secondary N) is 1. The predicted molar refractivity (Wildman–Crippen MR) is 78.0 cm³/mol. The monoisotopic (exact) mass is 249 g/mol. The first-order valence-electron chi connectivity index (χ1n) is 7.08. The van der Waals surface area contributed by atoms with Crippen LogP contribution in [0.4, 0.5) is 0 Å². The molecule has 102 valence electrons. The van der Waals surface area contributed by atoms with E-state index in [9.17, 15) is 5.11 Å². The largest absolute Gasteiger partial charge is 0.508 e. The van der Waals surface area contributed by atoms with Gasteiger partial charge in [0.25, 0.3) is 0 Å². The molecule has 0 aliphatic heterocycles. The van der Waals surface area contributed by atoms with E-state index in [-0.39, 0.29) is 0 Å². The van der Waals surface area contributed by atoms with E-state index < -0.39 is 0 Å². The highest BCUT2D eigenvalue weighted by molar-refractivity contribution is 5.26. The van der Waals surface area contributed by atoms with E-state index in [2.05, 4.69) is 26.1 Å². The summed E-state index contributed by atoms with van der Waals surface area (Å²) >= 11 is 0. The van der Waals surface area contributed by atoms with Gasteiger partial charge in [0.2, 0.25) is 0 Å². The second kappa shape index (κ2) is 7.42. The number of hydrogen-bond acceptors (Lipinski definition) is 2. The van der Waals surface area contributed by atoms with Crippen LogP contribution < -0.4 is 5.32 Å². The lowest BCUT2D eigenvalue weighted by atomic mass is 9.79. The van der Waals surface area contributed by atoms with Gasteiger partial charge in [0.15, 0.2) is 0 Å². The van der Waals surface area contributed by atoms with Crippen LogP contribution >= 0.6 is 0 Å². The van der Waals surface area contributed by atoms with Gasteiger partial charge in [-0.1, -0.05) is 39.3 Å². The second-order valence-corrected chi connectivity index (χ2v) is 5.58. The average molecular weight is 249 g/mol. The Morgan fingerprint density at radius 3 is 2.33 bits per heavy atom. The van der Waals surface area contributed by atoms with Crippen LogP contribution in [0.3, 0.4) is 0 Å². The third kappa shape index (κ3) is 5.09. The zero-order chi connectivity index (χ0) is 13.4. The van der Waals surface area contributed by atoms with E-state index in [1.807, 2.05) is 12.1 Å². The molecule has 0 radical (unpaired) electrons. The van der Waals surface area contributed by atoms with Crippen molar-refractivity contribution in [3.05, 3.63) is 29.8 Å². The van der Waals surface area contributed by atoms with Crippen LogP contribution in [0.25, 0.3) is 0 Å². The number of aromatic hydroxyl groups is 1. The third-order valence-corrected chi connectivity index (χ3v) is 3.40. The Bertz CT molecular complexity index is 333. The van der Waals surface area contributed by atoms with Crippen molar-refractivity contribution in [1.82, 2.24) is 5.32 Å². The highest BCUT2D eigenvalue weighted by Crippen LogP contribution is 2.28. The molecule has 1 aromatic rings. The van der Waals surface area contributed by atoms with E-state index in [1.54, 1.807) is 12.1 Å². The van der Waals surface area contributed by atoms with Crippen LogP contribution in [-0.4, -0.2) is 18.2 Å². The second-order valence-electron chi connectivity index (χ2n) is 5.58. The van der Waals surface area contributed by atoms with Gasteiger partial charge in [0.05, 0.1) is 0 Å². The van der Waals surface area contributed by atoms with E-state index in [4.69, 9.17) is 0 Å². The number of rotatable bonds is 8. The summed E-state index contributed by atoms with van der Waals surface area (Å²) in [6.45, 7) is 8.95. The van der Waals surface area contributed by atoms with E-state index in [1.165, 1.54) is 24.8 Å². The van der Waals surface area contributed by atoms with Gasteiger partial charge < -0.3 is 10.4 Å². The smallest absolute Gasteiger partial charge is 0.115 e. The molecule has 0 aliphatic carbocycles. The van der Waals surface area contributed by atoms with Crippen molar-refractivity contribution in [2.24, 2.45) is 5.41 Å². The maximum absolute atomic E-state index is 9.32. The summed E-state index contributed by atoms with van der Waals surface area (Å²) in [5.41, 5.74) is 1.61. The van der Waals surface area contributed by atoms with Crippen LogP contribution in [0.5, 0.6) is 5.75 Å². The molecule has 0 saturated heterocycles. The van der Waals surface area contributed by atoms with Gasteiger partial charge in [-0.3, -0.25) is 0 Å². The Kier molecular flexibility index (Phi) is 6.20. The van der Waals surface area contributed by atoms with E-state index in [0.29, 0.717) is 11.2 Å². The Hall–Kier alpha value is -1.02. The van der Waals surface area contributed by atoms with Gasteiger partial charge in [0.1, 0.15) is 5.75 Å². The molecule has 1 aromatic carbocycles. The van der Waals surface area contributed by atoms with E-state index in [0.717, 1.165) is 19.5 Å². The fourth-order valence-corrected chi connectivity index (χ4v) is 2.52. The SMILES string of the molecule is CCCNCC(C)(CCC)Cc1ccc(O)cc1. The Balaban J connectivity index is 2.62. The molecule has 2 heteroatoms. The zero-order valence-electron chi connectivity index (χ0n) is 12.0. The lowest BCUT2D eigenvalue weighted by Crippen LogP contribution is -2.34. The molecule has 2 N–H and O–H groups in total. The summed E-state index contributed by atoms with van der Waals surface area (Å²) < 4.78 is 0. The zero-order valence-corrected chi connectivity index (χ0v) is 12.0. The average Bonchev–Trinajstić information content (AvgIpc) is 2.33. The van der Waals surface area contributed by atoms with Gasteiger partial charge in [-0.05, 0) is 48.9 Å². The van der Waals surface area contributed by atoms with Crippen molar-refractivity contribution in [2.45, 2.75) is 46.5 Å². The fraction of sp³-hybridized carbons (Fsp3) is 0.625. The van der Waals surface area contributed by atoms with Crippen molar-refractivity contribution >= 4 is 0 Å². The molecule has 0 fully saturated rings.